The summed E-state index contributed by atoms with van der Waals surface area (Å²) in [6.07, 6.45) is 0. The van der Waals surface area contributed by atoms with Gasteiger partial charge in [-0.05, 0) is 19.1 Å². The van der Waals surface area contributed by atoms with Gasteiger partial charge in [-0.25, -0.2) is 4.68 Å². The molecule has 2 N–H and O–H groups in total. The molecular weight excluding hydrogens is 346 g/mol. The highest BCUT2D eigenvalue weighted by atomic mass is 32.1. The van der Waals surface area contributed by atoms with Gasteiger partial charge in [0.1, 0.15) is 0 Å². The van der Waals surface area contributed by atoms with Crippen LogP contribution in [0, 0.1) is 6.92 Å². The lowest BCUT2D eigenvalue weighted by molar-refractivity contribution is 0.872. The molecule has 2 aromatic heterocycles. The van der Waals surface area contributed by atoms with E-state index in [0.29, 0.717) is 28.2 Å². The summed E-state index contributed by atoms with van der Waals surface area (Å²) < 4.78 is 5.97. The minimum absolute atomic E-state index is 0.435. The molecule has 7 nitrogen and oxygen atoms in total. The van der Waals surface area contributed by atoms with Crippen LogP contribution in [0.4, 0.5) is 16.6 Å². The van der Waals surface area contributed by atoms with Crippen molar-refractivity contribution in [3.8, 4) is 17.1 Å². The third-order valence-electron chi connectivity index (χ3n) is 3.75. The monoisotopic (exact) mass is 361 g/mol. The maximum Gasteiger partial charge on any atom is 0.249 e. The summed E-state index contributed by atoms with van der Waals surface area (Å²) in [7, 11) is 0. The van der Waals surface area contributed by atoms with Crippen LogP contribution in [0.15, 0.2) is 70.9 Å². The highest BCUT2D eigenvalue weighted by Gasteiger charge is 2.14. The van der Waals surface area contributed by atoms with Crippen LogP contribution in [-0.4, -0.2) is 19.1 Å². The molecule has 0 bridgehead atoms. The summed E-state index contributed by atoms with van der Waals surface area (Å²) >= 11 is 1.19. The van der Waals surface area contributed by atoms with Crippen molar-refractivity contribution in [3.63, 3.8) is 0 Å². The molecule has 0 aliphatic rings. The summed E-state index contributed by atoms with van der Waals surface area (Å²) in [5, 5.41) is 13.4. The zero-order valence-corrected chi connectivity index (χ0v) is 14.8. The summed E-state index contributed by atoms with van der Waals surface area (Å²) in [5.41, 5.74) is 9.25. The Morgan fingerprint density at radius 3 is 2.38 bits per heavy atom. The molecule has 4 aromatic rings. The van der Waals surface area contributed by atoms with E-state index >= 15 is 0 Å². The molecule has 0 amide bonds. The van der Waals surface area contributed by atoms with Crippen LogP contribution in [-0.2, 0) is 0 Å². The number of anilines is 1. The molecule has 0 fully saturated rings. The molecule has 0 spiro atoms. The van der Waals surface area contributed by atoms with Gasteiger partial charge < -0.3 is 5.73 Å². The molecule has 26 heavy (non-hydrogen) atoms. The summed E-state index contributed by atoms with van der Waals surface area (Å²) in [6.45, 7) is 1.85. The number of azo groups is 1. The van der Waals surface area contributed by atoms with Crippen LogP contribution in [0.1, 0.15) is 5.69 Å². The summed E-state index contributed by atoms with van der Waals surface area (Å²) in [4.78, 5) is 4.40. The molecule has 0 atom stereocenters. The van der Waals surface area contributed by atoms with E-state index in [1.165, 1.54) is 11.5 Å². The maximum atomic E-state index is 6.21. The fourth-order valence-corrected chi connectivity index (χ4v) is 3.00. The van der Waals surface area contributed by atoms with Crippen LogP contribution >= 0.6 is 11.5 Å². The number of aromatic nitrogens is 4. The second-order valence-electron chi connectivity index (χ2n) is 5.53. The SMILES string of the molecule is Cc1nn(-c2ccccc2)c(N)c1N=Nc1nc(-c2ccccc2)ns1. The molecule has 2 aromatic carbocycles. The van der Waals surface area contributed by atoms with Crippen molar-refractivity contribution in [2.75, 3.05) is 5.73 Å². The second kappa shape index (κ2) is 6.85. The Morgan fingerprint density at radius 1 is 0.962 bits per heavy atom. The number of hydrogen-bond donors (Lipinski definition) is 1. The lowest BCUT2D eigenvalue weighted by Gasteiger charge is -2.02. The van der Waals surface area contributed by atoms with E-state index in [-0.39, 0.29) is 0 Å². The quantitative estimate of drug-likeness (QED) is 0.533. The lowest BCUT2D eigenvalue weighted by Crippen LogP contribution is -2.01. The average molecular weight is 361 g/mol. The Kier molecular flexibility index (Phi) is 4.24. The molecule has 0 aliphatic carbocycles. The van der Waals surface area contributed by atoms with Crippen molar-refractivity contribution in [3.05, 3.63) is 66.4 Å². The van der Waals surface area contributed by atoms with Crippen LogP contribution in [0.5, 0.6) is 0 Å². The van der Waals surface area contributed by atoms with Crippen molar-refractivity contribution in [1.29, 1.82) is 0 Å². The summed E-state index contributed by atoms with van der Waals surface area (Å²) in [6, 6.07) is 19.4. The minimum Gasteiger partial charge on any atom is -0.382 e. The van der Waals surface area contributed by atoms with Gasteiger partial charge in [0.05, 0.1) is 11.4 Å². The molecule has 4 rings (SSSR count). The fraction of sp³-hybridized carbons (Fsp3) is 0.0556. The van der Waals surface area contributed by atoms with Crippen molar-refractivity contribution in [1.82, 2.24) is 19.1 Å². The van der Waals surface area contributed by atoms with Crippen molar-refractivity contribution < 1.29 is 0 Å². The van der Waals surface area contributed by atoms with Gasteiger partial charge in [0.2, 0.25) is 5.13 Å². The van der Waals surface area contributed by atoms with Crippen LogP contribution in [0.2, 0.25) is 0 Å². The molecule has 0 unspecified atom stereocenters. The first-order valence-electron chi connectivity index (χ1n) is 7.94. The van der Waals surface area contributed by atoms with Crippen LogP contribution in [0.3, 0.4) is 0 Å². The van der Waals surface area contributed by atoms with Gasteiger partial charge in [-0.3, -0.25) is 0 Å². The highest BCUT2D eigenvalue weighted by molar-refractivity contribution is 7.09. The lowest BCUT2D eigenvalue weighted by atomic mass is 10.2. The Balaban J connectivity index is 1.62. The third-order valence-corrected chi connectivity index (χ3v) is 4.35. The van der Waals surface area contributed by atoms with E-state index in [1.54, 1.807) is 4.68 Å². The molecule has 0 saturated carbocycles. The van der Waals surface area contributed by atoms with Crippen LogP contribution < -0.4 is 5.73 Å². The molecular formula is C18H15N7S. The van der Waals surface area contributed by atoms with E-state index in [1.807, 2.05) is 67.6 Å². The van der Waals surface area contributed by atoms with Crippen molar-refractivity contribution in [2.45, 2.75) is 6.92 Å². The molecule has 0 saturated heterocycles. The molecule has 2 heterocycles. The van der Waals surface area contributed by atoms with E-state index in [0.717, 1.165) is 11.3 Å². The molecule has 0 radical (unpaired) electrons. The maximum absolute atomic E-state index is 6.21. The number of para-hydroxylation sites is 1. The zero-order chi connectivity index (χ0) is 17.9. The van der Waals surface area contributed by atoms with Crippen molar-refractivity contribution >= 4 is 28.2 Å². The van der Waals surface area contributed by atoms with E-state index in [4.69, 9.17) is 5.73 Å². The minimum atomic E-state index is 0.435. The standard InChI is InChI=1S/C18H15N7S/c1-12-15(16(19)25(23-12)14-10-6-3-7-11-14)21-22-18-20-17(24-26-18)13-8-4-2-5-9-13/h2-11H,19H2,1H3. The predicted molar refractivity (Wildman–Crippen MR) is 102 cm³/mol. The number of rotatable bonds is 4. The van der Waals surface area contributed by atoms with Gasteiger partial charge in [0, 0.05) is 17.1 Å². The molecule has 8 heteroatoms. The first-order valence-corrected chi connectivity index (χ1v) is 8.71. The van der Waals surface area contributed by atoms with Gasteiger partial charge in [-0.1, -0.05) is 48.5 Å². The van der Waals surface area contributed by atoms with Crippen LogP contribution in [0.25, 0.3) is 17.1 Å². The van der Waals surface area contributed by atoms with E-state index in [2.05, 4.69) is 24.7 Å². The number of hydrogen-bond acceptors (Lipinski definition) is 7. The Labute approximate surface area is 154 Å². The van der Waals surface area contributed by atoms with Crippen molar-refractivity contribution in [2.24, 2.45) is 10.2 Å². The van der Waals surface area contributed by atoms with E-state index in [9.17, 15) is 0 Å². The average Bonchev–Trinajstić information content (AvgIpc) is 3.26. The number of aryl methyl sites for hydroxylation is 1. The number of nitrogens with zero attached hydrogens (tertiary/aromatic N) is 6. The van der Waals surface area contributed by atoms with Gasteiger partial charge in [-0.2, -0.15) is 14.5 Å². The Morgan fingerprint density at radius 2 is 1.65 bits per heavy atom. The van der Waals surface area contributed by atoms with E-state index < -0.39 is 0 Å². The number of benzene rings is 2. The molecule has 0 aliphatic heterocycles. The topological polar surface area (TPSA) is 94.3 Å². The Hall–Kier alpha value is -3.39. The largest absolute Gasteiger partial charge is 0.382 e. The van der Waals surface area contributed by atoms with Gasteiger partial charge >= 0.3 is 0 Å². The third kappa shape index (κ3) is 3.09. The smallest absolute Gasteiger partial charge is 0.249 e. The van der Waals surface area contributed by atoms with Gasteiger partial charge in [-0.15, -0.1) is 10.2 Å². The van der Waals surface area contributed by atoms with Gasteiger partial charge in [0.25, 0.3) is 0 Å². The normalized spacial score (nSPS) is 11.3. The van der Waals surface area contributed by atoms with Gasteiger partial charge in [0.15, 0.2) is 17.3 Å². The first-order chi connectivity index (χ1) is 12.7. The second-order valence-corrected chi connectivity index (χ2v) is 6.26. The zero-order valence-electron chi connectivity index (χ0n) is 13.9. The first kappa shape index (κ1) is 16.1. The summed E-state index contributed by atoms with van der Waals surface area (Å²) in [5.74, 6) is 1.07. The number of nitrogen functional groups attached to an aromatic ring is 1. The highest BCUT2D eigenvalue weighted by Crippen LogP contribution is 2.31. The predicted octanol–water partition coefficient (Wildman–Crippen LogP) is 4.70. The Bertz CT molecular complexity index is 1050. The molecule has 128 valence electrons. The number of nitrogens with two attached hydrogens (primary N) is 1. The fourth-order valence-electron chi connectivity index (χ4n) is 2.48.